The molecule has 1 aromatic rings. The van der Waals surface area contributed by atoms with Crippen LogP contribution in [0.5, 0.6) is 0 Å². The van der Waals surface area contributed by atoms with Crippen molar-refractivity contribution in [2.75, 3.05) is 13.2 Å². The summed E-state index contributed by atoms with van der Waals surface area (Å²) in [6.07, 6.45) is 7.69. The van der Waals surface area contributed by atoms with Gasteiger partial charge in [-0.25, -0.2) is 0 Å². The molecule has 5 heteroatoms. The Labute approximate surface area is 107 Å². The fourth-order valence-corrected chi connectivity index (χ4v) is 2.95. The fourth-order valence-electron chi connectivity index (χ4n) is 2.81. The van der Waals surface area contributed by atoms with Crippen LogP contribution >= 0.6 is 11.6 Å². The summed E-state index contributed by atoms with van der Waals surface area (Å²) in [5, 5.41) is 18.0. The van der Waals surface area contributed by atoms with Gasteiger partial charge in [0.2, 0.25) is 0 Å². The van der Waals surface area contributed by atoms with Crippen molar-refractivity contribution in [2.24, 2.45) is 0 Å². The van der Waals surface area contributed by atoms with Gasteiger partial charge in [-0.15, -0.1) is 0 Å². The van der Waals surface area contributed by atoms with E-state index < -0.39 is 0 Å². The second-order valence-corrected chi connectivity index (χ2v) is 5.29. The minimum Gasteiger partial charge on any atom is -0.394 e. The number of nitrogens with zero attached hydrogens (tertiary/aromatic N) is 2. The van der Waals surface area contributed by atoms with Crippen LogP contribution in [0.15, 0.2) is 12.4 Å². The van der Waals surface area contributed by atoms with Crippen LogP contribution in [0, 0.1) is 0 Å². The van der Waals surface area contributed by atoms with Crippen molar-refractivity contribution in [2.45, 2.75) is 44.2 Å². The van der Waals surface area contributed by atoms with Gasteiger partial charge >= 0.3 is 0 Å². The van der Waals surface area contributed by atoms with E-state index in [1.54, 1.807) is 6.20 Å². The molecule has 0 bridgehead atoms. The minimum absolute atomic E-state index is 0.143. The number of hydrogen-bond acceptors (Lipinski definition) is 3. The summed E-state index contributed by atoms with van der Waals surface area (Å²) in [5.74, 6) is 0. The van der Waals surface area contributed by atoms with Gasteiger partial charge in [-0.3, -0.25) is 4.68 Å². The van der Waals surface area contributed by atoms with E-state index in [0.717, 1.165) is 32.2 Å². The summed E-state index contributed by atoms with van der Waals surface area (Å²) in [6, 6.07) is 0.336. The number of likely N-dealkylation sites (N-methyl/N-ethyl adjacent to an activating group) is 1. The van der Waals surface area contributed by atoms with Crippen molar-refractivity contribution in [3.05, 3.63) is 17.4 Å². The summed E-state index contributed by atoms with van der Waals surface area (Å²) in [7, 11) is 0. The zero-order valence-electron chi connectivity index (χ0n) is 10.2. The molecule has 0 aliphatic heterocycles. The smallest absolute Gasteiger partial charge is 0.0785 e. The van der Waals surface area contributed by atoms with E-state index in [9.17, 15) is 5.11 Å². The van der Waals surface area contributed by atoms with Crippen LogP contribution < -0.4 is 5.32 Å². The first-order valence-corrected chi connectivity index (χ1v) is 6.62. The van der Waals surface area contributed by atoms with Crippen LogP contribution in [-0.4, -0.2) is 33.6 Å². The van der Waals surface area contributed by atoms with Gasteiger partial charge in [0.25, 0.3) is 0 Å². The number of nitrogens with one attached hydrogen (secondary N) is 1. The summed E-state index contributed by atoms with van der Waals surface area (Å²) >= 11 is 5.90. The van der Waals surface area contributed by atoms with Crippen LogP contribution in [0.4, 0.5) is 0 Å². The van der Waals surface area contributed by atoms with Gasteiger partial charge in [0, 0.05) is 11.7 Å². The fraction of sp³-hybridized carbons (Fsp3) is 0.750. The lowest BCUT2D eigenvalue weighted by Crippen LogP contribution is -2.51. The molecule has 1 saturated carbocycles. The third-order valence-corrected chi connectivity index (χ3v) is 3.81. The van der Waals surface area contributed by atoms with Gasteiger partial charge in [-0.05, 0) is 32.2 Å². The lowest BCUT2D eigenvalue weighted by atomic mass is 9.79. The minimum atomic E-state index is -0.143. The molecular weight excluding hydrogens is 238 g/mol. The van der Waals surface area contributed by atoms with Crippen molar-refractivity contribution < 1.29 is 5.11 Å². The Kier molecular flexibility index (Phi) is 4.07. The van der Waals surface area contributed by atoms with Crippen LogP contribution in [0.2, 0.25) is 5.02 Å². The average molecular weight is 258 g/mol. The first-order chi connectivity index (χ1) is 8.19. The Bertz CT molecular complexity index is 364. The van der Waals surface area contributed by atoms with Crippen molar-refractivity contribution in [3.8, 4) is 0 Å². The van der Waals surface area contributed by atoms with Crippen molar-refractivity contribution in [1.29, 1.82) is 0 Å². The topological polar surface area (TPSA) is 50.1 Å². The number of aliphatic hydroxyl groups excluding tert-OH is 1. The summed E-state index contributed by atoms with van der Waals surface area (Å²) < 4.78 is 1.93. The first kappa shape index (κ1) is 12.9. The Balaban J connectivity index is 2.10. The molecule has 17 heavy (non-hydrogen) atoms. The highest BCUT2D eigenvalue weighted by Crippen LogP contribution is 2.35. The van der Waals surface area contributed by atoms with E-state index in [-0.39, 0.29) is 12.1 Å². The summed E-state index contributed by atoms with van der Waals surface area (Å²) in [4.78, 5) is 0. The van der Waals surface area contributed by atoms with E-state index in [2.05, 4.69) is 17.3 Å². The van der Waals surface area contributed by atoms with Gasteiger partial charge in [0.05, 0.1) is 23.9 Å². The Morgan fingerprint density at radius 3 is 3.12 bits per heavy atom. The van der Waals surface area contributed by atoms with Gasteiger partial charge < -0.3 is 10.4 Å². The maximum absolute atomic E-state index is 9.62. The Hall–Kier alpha value is -0.580. The number of hydrogen-bond donors (Lipinski definition) is 2. The molecule has 1 aliphatic rings. The maximum atomic E-state index is 9.62. The molecule has 0 spiro atoms. The van der Waals surface area contributed by atoms with Gasteiger partial charge in [-0.2, -0.15) is 5.10 Å². The number of rotatable bonds is 4. The monoisotopic (exact) mass is 257 g/mol. The molecule has 0 radical (unpaired) electrons. The standard InChI is InChI=1S/C12H20ClN3O/c1-2-14-12(9-17)5-3-4-11(6-12)16-8-10(13)7-15-16/h7-8,11,14,17H,2-6,9H2,1H3. The zero-order chi connectivity index (χ0) is 12.3. The van der Waals surface area contributed by atoms with Gasteiger partial charge in [0.1, 0.15) is 0 Å². The van der Waals surface area contributed by atoms with Crippen molar-refractivity contribution in [1.82, 2.24) is 15.1 Å². The average Bonchev–Trinajstić information content (AvgIpc) is 2.77. The second kappa shape index (κ2) is 5.38. The molecule has 2 N–H and O–H groups in total. The normalized spacial score (nSPS) is 29.5. The summed E-state index contributed by atoms with van der Waals surface area (Å²) in [6.45, 7) is 3.14. The lowest BCUT2D eigenvalue weighted by molar-refractivity contribution is 0.0961. The first-order valence-electron chi connectivity index (χ1n) is 6.24. The van der Waals surface area contributed by atoms with Gasteiger partial charge in [0.15, 0.2) is 0 Å². The molecule has 1 aliphatic carbocycles. The number of halogens is 1. The molecule has 1 heterocycles. The number of aromatic nitrogens is 2. The van der Waals surface area contributed by atoms with E-state index in [1.165, 1.54) is 0 Å². The molecule has 0 saturated heterocycles. The molecule has 4 nitrogen and oxygen atoms in total. The third kappa shape index (κ3) is 2.81. The van der Waals surface area contributed by atoms with E-state index in [0.29, 0.717) is 11.1 Å². The molecule has 2 unspecified atom stereocenters. The highest BCUT2D eigenvalue weighted by molar-refractivity contribution is 6.30. The Morgan fingerprint density at radius 2 is 2.53 bits per heavy atom. The van der Waals surface area contributed by atoms with E-state index in [4.69, 9.17) is 11.6 Å². The molecule has 2 atom stereocenters. The number of aliphatic hydroxyl groups is 1. The van der Waals surface area contributed by atoms with Crippen LogP contribution in [0.25, 0.3) is 0 Å². The van der Waals surface area contributed by atoms with Crippen molar-refractivity contribution in [3.63, 3.8) is 0 Å². The SMILES string of the molecule is CCNC1(CO)CCCC(n2cc(Cl)cn2)C1. The largest absolute Gasteiger partial charge is 0.394 e. The van der Waals surface area contributed by atoms with E-state index in [1.807, 2.05) is 10.9 Å². The highest BCUT2D eigenvalue weighted by Gasteiger charge is 2.36. The predicted octanol–water partition coefficient (Wildman–Crippen LogP) is 1.99. The van der Waals surface area contributed by atoms with Crippen LogP contribution in [0.3, 0.4) is 0 Å². The Morgan fingerprint density at radius 1 is 1.71 bits per heavy atom. The van der Waals surface area contributed by atoms with E-state index >= 15 is 0 Å². The highest BCUT2D eigenvalue weighted by atomic mass is 35.5. The molecule has 1 aromatic heterocycles. The molecule has 96 valence electrons. The second-order valence-electron chi connectivity index (χ2n) is 4.86. The lowest BCUT2D eigenvalue weighted by Gasteiger charge is -2.40. The molecule has 1 fully saturated rings. The van der Waals surface area contributed by atoms with Crippen LogP contribution in [-0.2, 0) is 0 Å². The summed E-state index contributed by atoms with van der Waals surface area (Å²) in [5.41, 5.74) is -0.143. The van der Waals surface area contributed by atoms with Crippen LogP contribution in [0.1, 0.15) is 38.6 Å². The van der Waals surface area contributed by atoms with Crippen molar-refractivity contribution >= 4 is 11.6 Å². The third-order valence-electron chi connectivity index (χ3n) is 3.62. The molecule has 2 rings (SSSR count). The van der Waals surface area contributed by atoms with Gasteiger partial charge in [-0.1, -0.05) is 18.5 Å². The molecule has 0 amide bonds. The quantitative estimate of drug-likeness (QED) is 0.867. The molecule has 0 aromatic carbocycles. The zero-order valence-corrected chi connectivity index (χ0v) is 11.0. The molecular formula is C12H20ClN3O. The maximum Gasteiger partial charge on any atom is 0.0785 e. The predicted molar refractivity (Wildman–Crippen MR) is 68.2 cm³/mol.